The van der Waals surface area contributed by atoms with Gasteiger partial charge in [0.15, 0.2) is 0 Å². The number of hydrogen-bond donors (Lipinski definition) is 1. The molecule has 2 aromatic rings. The number of thioether (sulfide) groups is 1. The Labute approximate surface area is 141 Å². The fraction of sp³-hybridized carbons (Fsp3) is 0.278. The highest BCUT2D eigenvalue weighted by Gasteiger charge is 2.12. The largest absolute Gasteiger partial charge is 0.349 e. The van der Waals surface area contributed by atoms with Crippen LogP contribution in [-0.4, -0.2) is 11.7 Å². The van der Waals surface area contributed by atoms with E-state index in [0.717, 1.165) is 5.56 Å². The van der Waals surface area contributed by atoms with Crippen molar-refractivity contribution in [3.05, 3.63) is 70.7 Å². The lowest BCUT2D eigenvalue weighted by atomic mass is 10.1. The Morgan fingerprint density at radius 1 is 1.05 bits per heavy atom. The molecular formula is C18H20ClNOS. The van der Waals surface area contributed by atoms with Crippen LogP contribution >= 0.6 is 23.4 Å². The van der Waals surface area contributed by atoms with Crippen molar-refractivity contribution in [3.8, 4) is 0 Å². The number of carbonyl (C=O) groups is 1. The molecule has 2 rings (SSSR count). The van der Waals surface area contributed by atoms with Gasteiger partial charge in [-0.2, -0.15) is 0 Å². The summed E-state index contributed by atoms with van der Waals surface area (Å²) in [7, 11) is 0. The van der Waals surface area contributed by atoms with Crippen molar-refractivity contribution in [1.29, 1.82) is 0 Å². The zero-order valence-electron chi connectivity index (χ0n) is 12.8. The number of halogens is 1. The molecule has 1 N–H and O–H groups in total. The predicted octanol–water partition coefficient (Wildman–Crippen LogP) is 5.01. The second-order valence-corrected chi connectivity index (χ2v) is 6.97. The highest BCUT2D eigenvalue weighted by molar-refractivity contribution is 8.00. The third-order valence-electron chi connectivity index (χ3n) is 3.48. The number of hydrogen-bond acceptors (Lipinski definition) is 2. The molecule has 0 fully saturated rings. The van der Waals surface area contributed by atoms with Crippen LogP contribution in [0, 0.1) is 0 Å². The van der Waals surface area contributed by atoms with Gasteiger partial charge >= 0.3 is 0 Å². The van der Waals surface area contributed by atoms with Crippen molar-refractivity contribution >= 4 is 29.3 Å². The Balaban J connectivity index is 1.81. The first-order valence-corrected chi connectivity index (χ1v) is 8.70. The number of amides is 1. The van der Waals surface area contributed by atoms with E-state index in [1.807, 2.05) is 49.4 Å². The molecule has 0 aromatic heterocycles. The van der Waals surface area contributed by atoms with E-state index in [-0.39, 0.29) is 11.9 Å². The predicted molar refractivity (Wildman–Crippen MR) is 95.3 cm³/mol. The summed E-state index contributed by atoms with van der Waals surface area (Å²) in [6.45, 7) is 4.10. The summed E-state index contributed by atoms with van der Waals surface area (Å²) in [5, 5.41) is 4.03. The standard InChI is InChI=1S/C18H20ClNOS/c1-13(15-8-10-17(19)11-9-15)20-18(21)12-22-14(2)16-6-4-3-5-7-16/h3-11,13-14H,12H2,1-2H3,(H,20,21)/t13-,14+/m0/s1. The zero-order chi connectivity index (χ0) is 15.9. The van der Waals surface area contributed by atoms with Crippen LogP contribution in [0.3, 0.4) is 0 Å². The quantitative estimate of drug-likeness (QED) is 0.805. The van der Waals surface area contributed by atoms with Crippen LogP contribution in [0.5, 0.6) is 0 Å². The van der Waals surface area contributed by atoms with E-state index in [1.54, 1.807) is 11.8 Å². The molecule has 0 heterocycles. The molecule has 0 bridgehead atoms. The van der Waals surface area contributed by atoms with Crippen LogP contribution in [0.1, 0.15) is 36.3 Å². The molecule has 0 aliphatic rings. The third kappa shape index (κ3) is 5.08. The van der Waals surface area contributed by atoms with Gasteiger partial charge in [0, 0.05) is 10.3 Å². The normalized spacial score (nSPS) is 13.4. The minimum absolute atomic E-state index is 0.0163. The summed E-state index contributed by atoms with van der Waals surface area (Å²) in [6.07, 6.45) is 0. The van der Waals surface area contributed by atoms with Gasteiger partial charge in [-0.15, -0.1) is 11.8 Å². The van der Waals surface area contributed by atoms with Gasteiger partial charge in [0.2, 0.25) is 5.91 Å². The highest BCUT2D eigenvalue weighted by atomic mass is 35.5. The van der Waals surface area contributed by atoms with Gasteiger partial charge in [0.05, 0.1) is 11.8 Å². The van der Waals surface area contributed by atoms with E-state index in [4.69, 9.17) is 11.6 Å². The van der Waals surface area contributed by atoms with Gasteiger partial charge in [0.1, 0.15) is 0 Å². The monoisotopic (exact) mass is 333 g/mol. The van der Waals surface area contributed by atoms with Gasteiger partial charge in [-0.1, -0.05) is 54.1 Å². The maximum absolute atomic E-state index is 12.1. The third-order valence-corrected chi connectivity index (χ3v) is 4.93. The zero-order valence-corrected chi connectivity index (χ0v) is 14.3. The van der Waals surface area contributed by atoms with Crippen LogP contribution in [-0.2, 0) is 4.79 Å². The van der Waals surface area contributed by atoms with Crippen molar-refractivity contribution < 1.29 is 4.79 Å². The van der Waals surface area contributed by atoms with Crippen molar-refractivity contribution in [2.24, 2.45) is 0 Å². The molecule has 2 atom stereocenters. The first-order chi connectivity index (χ1) is 10.6. The summed E-state index contributed by atoms with van der Waals surface area (Å²) in [4.78, 5) is 12.1. The molecule has 0 aliphatic heterocycles. The average molecular weight is 334 g/mol. The first kappa shape index (κ1) is 16.9. The van der Waals surface area contributed by atoms with Gasteiger partial charge in [-0.3, -0.25) is 4.79 Å². The van der Waals surface area contributed by atoms with Crippen LogP contribution in [0.25, 0.3) is 0 Å². The topological polar surface area (TPSA) is 29.1 Å². The number of benzene rings is 2. The van der Waals surface area contributed by atoms with Crippen molar-refractivity contribution in [3.63, 3.8) is 0 Å². The van der Waals surface area contributed by atoms with Gasteiger partial charge in [0.25, 0.3) is 0 Å². The van der Waals surface area contributed by atoms with Crippen LogP contribution in [0.4, 0.5) is 0 Å². The fourth-order valence-electron chi connectivity index (χ4n) is 2.14. The Bertz CT molecular complexity index is 600. The number of rotatable bonds is 6. The average Bonchev–Trinajstić information content (AvgIpc) is 2.54. The molecule has 0 spiro atoms. The van der Waals surface area contributed by atoms with E-state index >= 15 is 0 Å². The van der Waals surface area contributed by atoms with E-state index in [0.29, 0.717) is 16.0 Å². The molecule has 2 nitrogen and oxygen atoms in total. The van der Waals surface area contributed by atoms with E-state index in [1.165, 1.54) is 5.56 Å². The second kappa shape index (κ2) is 8.25. The molecule has 0 saturated carbocycles. The molecule has 1 amide bonds. The summed E-state index contributed by atoms with van der Waals surface area (Å²) >= 11 is 7.52. The van der Waals surface area contributed by atoms with Crippen LogP contribution in [0.2, 0.25) is 5.02 Å². The molecule has 0 saturated heterocycles. The van der Waals surface area contributed by atoms with Crippen molar-refractivity contribution in [2.75, 3.05) is 5.75 Å². The molecule has 0 radical (unpaired) electrons. The van der Waals surface area contributed by atoms with Gasteiger partial charge in [-0.05, 0) is 37.1 Å². The van der Waals surface area contributed by atoms with Crippen LogP contribution in [0.15, 0.2) is 54.6 Å². The fourth-order valence-corrected chi connectivity index (χ4v) is 3.10. The SMILES string of the molecule is C[C@H](NC(=O)CS[C@H](C)c1ccccc1)c1ccc(Cl)cc1. The Hall–Kier alpha value is -1.45. The molecule has 22 heavy (non-hydrogen) atoms. The maximum Gasteiger partial charge on any atom is 0.230 e. The summed E-state index contributed by atoms with van der Waals surface area (Å²) in [5.41, 5.74) is 2.30. The Morgan fingerprint density at radius 2 is 1.68 bits per heavy atom. The highest BCUT2D eigenvalue weighted by Crippen LogP contribution is 2.27. The molecule has 0 aliphatic carbocycles. The molecule has 4 heteroatoms. The lowest BCUT2D eigenvalue weighted by Crippen LogP contribution is -2.28. The summed E-state index contributed by atoms with van der Waals surface area (Å²) < 4.78 is 0. The Morgan fingerprint density at radius 3 is 2.32 bits per heavy atom. The van der Waals surface area contributed by atoms with E-state index < -0.39 is 0 Å². The molecule has 116 valence electrons. The second-order valence-electron chi connectivity index (χ2n) is 5.20. The van der Waals surface area contributed by atoms with E-state index in [2.05, 4.69) is 24.4 Å². The van der Waals surface area contributed by atoms with Crippen molar-refractivity contribution in [1.82, 2.24) is 5.32 Å². The summed E-state index contributed by atoms with van der Waals surface area (Å²) in [5.74, 6) is 0.504. The molecular weight excluding hydrogens is 314 g/mol. The summed E-state index contributed by atoms with van der Waals surface area (Å²) in [6, 6.07) is 17.8. The molecule has 0 unspecified atom stereocenters. The van der Waals surface area contributed by atoms with Crippen molar-refractivity contribution in [2.45, 2.75) is 25.1 Å². The number of carbonyl (C=O) groups excluding carboxylic acids is 1. The minimum atomic E-state index is -0.0163. The van der Waals surface area contributed by atoms with Crippen LogP contribution < -0.4 is 5.32 Å². The lowest BCUT2D eigenvalue weighted by Gasteiger charge is -2.16. The minimum Gasteiger partial charge on any atom is -0.349 e. The molecule has 2 aromatic carbocycles. The van der Waals surface area contributed by atoms with E-state index in [9.17, 15) is 4.79 Å². The first-order valence-electron chi connectivity index (χ1n) is 7.27. The van der Waals surface area contributed by atoms with Gasteiger partial charge in [-0.25, -0.2) is 0 Å². The maximum atomic E-state index is 12.1. The lowest BCUT2D eigenvalue weighted by molar-refractivity contribution is -0.119. The van der Waals surface area contributed by atoms with Gasteiger partial charge < -0.3 is 5.32 Å². The Kier molecular flexibility index (Phi) is 6.34. The number of nitrogens with one attached hydrogen (secondary N) is 1. The smallest absolute Gasteiger partial charge is 0.230 e.